The number of hydrogen-bond acceptors (Lipinski definition) is 5. The number of carbonyl (C=O) groups is 1. The van der Waals surface area contributed by atoms with Gasteiger partial charge in [0, 0.05) is 5.92 Å². The predicted octanol–water partition coefficient (Wildman–Crippen LogP) is 2.23. The van der Waals surface area contributed by atoms with Gasteiger partial charge in [0.15, 0.2) is 0 Å². The summed E-state index contributed by atoms with van der Waals surface area (Å²) in [6, 6.07) is 2.70. The highest BCUT2D eigenvalue weighted by Gasteiger charge is 2.22. The zero-order valence-corrected chi connectivity index (χ0v) is 11.3. The molecule has 9 heteroatoms. The number of hydrogen-bond donors (Lipinski definition) is 2. The van der Waals surface area contributed by atoms with Crippen LogP contribution in [0.1, 0.15) is 35.9 Å². The van der Waals surface area contributed by atoms with E-state index in [0.29, 0.717) is 11.9 Å². The van der Waals surface area contributed by atoms with E-state index in [1.165, 1.54) is 0 Å². The molecule has 0 bridgehead atoms. The number of aromatic nitrogens is 3. The molecule has 8 nitrogen and oxygen atoms in total. The summed E-state index contributed by atoms with van der Waals surface area (Å²) in [5, 5.41) is 19.6. The number of benzene rings is 1. The third kappa shape index (κ3) is 3.19. The second-order valence-electron chi connectivity index (χ2n) is 4.57. The lowest BCUT2D eigenvalue weighted by molar-refractivity contribution is -0.385. The van der Waals surface area contributed by atoms with Crippen molar-refractivity contribution in [1.29, 1.82) is 0 Å². The molecule has 0 saturated heterocycles. The number of aromatic amines is 1. The monoisotopic (exact) mass is 293 g/mol. The topological polar surface area (TPSA) is 114 Å². The molecule has 0 fully saturated rings. The van der Waals surface area contributed by atoms with Crippen molar-refractivity contribution in [3.8, 4) is 0 Å². The van der Waals surface area contributed by atoms with Crippen molar-refractivity contribution in [2.45, 2.75) is 19.8 Å². The Kier molecular flexibility index (Phi) is 3.92. The maximum Gasteiger partial charge on any atom is 0.285 e. The van der Waals surface area contributed by atoms with Gasteiger partial charge in [0.25, 0.3) is 11.6 Å². The number of carbonyl (C=O) groups excluding carboxylic acids is 1. The van der Waals surface area contributed by atoms with E-state index in [4.69, 9.17) is 0 Å². The molecule has 0 unspecified atom stereocenters. The second-order valence-corrected chi connectivity index (χ2v) is 4.57. The van der Waals surface area contributed by atoms with E-state index in [1.54, 1.807) is 0 Å². The number of H-pyrrole nitrogens is 1. The van der Waals surface area contributed by atoms with E-state index >= 15 is 0 Å². The molecular weight excluding hydrogens is 281 g/mol. The number of nitrogens with zero attached hydrogens (tertiary/aromatic N) is 3. The van der Waals surface area contributed by atoms with Gasteiger partial charge in [0.2, 0.25) is 5.95 Å². The summed E-state index contributed by atoms with van der Waals surface area (Å²) >= 11 is 0. The van der Waals surface area contributed by atoms with E-state index < -0.39 is 22.3 Å². The average molecular weight is 293 g/mol. The first-order valence-corrected chi connectivity index (χ1v) is 6.06. The van der Waals surface area contributed by atoms with Crippen molar-refractivity contribution in [2.24, 2.45) is 0 Å². The number of nitrogens with one attached hydrogen (secondary N) is 2. The van der Waals surface area contributed by atoms with Crippen LogP contribution in [0.2, 0.25) is 0 Å². The van der Waals surface area contributed by atoms with E-state index in [9.17, 15) is 19.3 Å². The molecule has 0 saturated carbocycles. The van der Waals surface area contributed by atoms with Crippen molar-refractivity contribution in [3.05, 3.63) is 45.5 Å². The Morgan fingerprint density at radius 3 is 2.76 bits per heavy atom. The average Bonchev–Trinajstić information content (AvgIpc) is 2.87. The summed E-state index contributed by atoms with van der Waals surface area (Å²) in [4.78, 5) is 26.0. The van der Waals surface area contributed by atoms with Gasteiger partial charge in [-0.15, -0.1) is 5.10 Å². The lowest BCUT2D eigenvalue weighted by Crippen LogP contribution is -2.15. The normalized spacial score (nSPS) is 10.7. The Bertz CT molecular complexity index is 698. The van der Waals surface area contributed by atoms with E-state index in [0.717, 1.165) is 12.1 Å². The maximum absolute atomic E-state index is 13.0. The lowest BCUT2D eigenvalue weighted by atomic mass is 10.1. The van der Waals surface area contributed by atoms with Crippen molar-refractivity contribution in [2.75, 3.05) is 5.32 Å². The standard InChI is InChI=1S/C12H12FN5O3/c1-6(2)10-14-12(17-16-10)15-11(19)8-4-3-7(13)5-9(8)18(20)21/h3-6H,1-2H3,(H2,14,15,16,17,19). The van der Waals surface area contributed by atoms with Gasteiger partial charge in [-0.3, -0.25) is 25.3 Å². The smallest absolute Gasteiger partial charge is 0.285 e. The van der Waals surface area contributed by atoms with E-state index in [-0.39, 0.29) is 17.4 Å². The molecule has 2 aromatic rings. The predicted molar refractivity (Wildman–Crippen MR) is 71.5 cm³/mol. The molecule has 0 spiro atoms. The van der Waals surface area contributed by atoms with Crippen LogP contribution < -0.4 is 5.32 Å². The number of halogens is 1. The maximum atomic E-state index is 13.0. The molecule has 2 N–H and O–H groups in total. The largest absolute Gasteiger partial charge is 0.289 e. The summed E-state index contributed by atoms with van der Waals surface area (Å²) in [5.41, 5.74) is -0.885. The van der Waals surface area contributed by atoms with Crippen LogP contribution >= 0.6 is 0 Å². The van der Waals surface area contributed by atoms with Crippen LogP contribution in [-0.2, 0) is 0 Å². The first kappa shape index (κ1) is 14.6. The van der Waals surface area contributed by atoms with Crippen LogP contribution in [0.3, 0.4) is 0 Å². The molecule has 1 aromatic heterocycles. The van der Waals surface area contributed by atoms with Gasteiger partial charge >= 0.3 is 0 Å². The second kappa shape index (κ2) is 5.65. The van der Waals surface area contributed by atoms with Gasteiger partial charge in [0.1, 0.15) is 17.2 Å². The summed E-state index contributed by atoms with van der Waals surface area (Å²) in [7, 11) is 0. The molecule has 0 atom stereocenters. The molecular formula is C12H12FN5O3. The fourth-order valence-corrected chi connectivity index (χ4v) is 1.61. The Labute approximate surface area is 118 Å². The Morgan fingerprint density at radius 1 is 1.48 bits per heavy atom. The number of nitro groups is 1. The first-order valence-electron chi connectivity index (χ1n) is 6.06. The third-order valence-corrected chi connectivity index (χ3v) is 2.68. The van der Waals surface area contributed by atoms with Gasteiger partial charge in [0.05, 0.1) is 11.0 Å². The Hall–Kier alpha value is -2.84. The van der Waals surface area contributed by atoms with Crippen LogP contribution in [0.15, 0.2) is 18.2 Å². The fourth-order valence-electron chi connectivity index (χ4n) is 1.61. The Balaban J connectivity index is 2.26. The van der Waals surface area contributed by atoms with Gasteiger partial charge < -0.3 is 0 Å². The molecule has 0 aliphatic rings. The minimum atomic E-state index is -0.824. The molecule has 1 heterocycles. The minimum absolute atomic E-state index is 0.00215. The van der Waals surface area contributed by atoms with Crippen molar-refractivity contribution < 1.29 is 14.1 Å². The molecule has 0 aliphatic carbocycles. The number of nitro benzene ring substituents is 1. The summed E-state index contributed by atoms with van der Waals surface area (Å²) in [6.45, 7) is 3.77. The first-order chi connectivity index (χ1) is 9.88. The third-order valence-electron chi connectivity index (χ3n) is 2.68. The molecule has 110 valence electrons. The van der Waals surface area contributed by atoms with Crippen LogP contribution in [-0.4, -0.2) is 26.0 Å². The van der Waals surface area contributed by atoms with Crippen LogP contribution in [0.5, 0.6) is 0 Å². The minimum Gasteiger partial charge on any atom is -0.289 e. The quantitative estimate of drug-likeness (QED) is 0.662. The molecule has 0 aliphatic heterocycles. The highest BCUT2D eigenvalue weighted by Crippen LogP contribution is 2.20. The van der Waals surface area contributed by atoms with Crippen LogP contribution in [0, 0.1) is 15.9 Å². The number of anilines is 1. The molecule has 0 radical (unpaired) electrons. The summed E-state index contributed by atoms with van der Waals surface area (Å²) < 4.78 is 13.0. The molecule has 2 rings (SSSR count). The van der Waals surface area contributed by atoms with Gasteiger partial charge in [-0.2, -0.15) is 4.98 Å². The van der Waals surface area contributed by atoms with Gasteiger partial charge in [-0.05, 0) is 12.1 Å². The lowest BCUT2D eigenvalue weighted by Gasteiger charge is -2.02. The zero-order chi connectivity index (χ0) is 15.6. The van der Waals surface area contributed by atoms with Crippen LogP contribution in [0.25, 0.3) is 0 Å². The number of amides is 1. The van der Waals surface area contributed by atoms with E-state index in [2.05, 4.69) is 20.5 Å². The highest BCUT2D eigenvalue weighted by molar-refractivity contribution is 6.06. The highest BCUT2D eigenvalue weighted by atomic mass is 19.1. The zero-order valence-electron chi connectivity index (χ0n) is 11.3. The van der Waals surface area contributed by atoms with Gasteiger partial charge in [-0.1, -0.05) is 13.8 Å². The SMILES string of the molecule is CC(C)c1nc(NC(=O)c2ccc(F)cc2[N+](=O)[O-])n[nH]1. The fraction of sp³-hybridized carbons (Fsp3) is 0.250. The summed E-state index contributed by atoms with van der Waals surface area (Å²) in [6.07, 6.45) is 0. The van der Waals surface area contributed by atoms with Gasteiger partial charge in [-0.25, -0.2) is 4.39 Å². The van der Waals surface area contributed by atoms with E-state index in [1.807, 2.05) is 13.8 Å². The number of rotatable bonds is 4. The molecule has 1 aromatic carbocycles. The molecule has 21 heavy (non-hydrogen) atoms. The van der Waals surface area contributed by atoms with Crippen molar-refractivity contribution >= 4 is 17.5 Å². The Morgan fingerprint density at radius 2 is 2.19 bits per heavy atom. The molecule has 1 amide bonds. The van der Waals surface area contributed by atoms with Crippen LogP contribution in [0.4, 0.5) is 16.0 Å². The van der Waals surface area contributed by atoms with Crippen molar-refractivity contribution in [3.63, 3.8) is 0 Å². The van der Waals surface area contributed by atoms with Crippen molar-refractivity contribution in [1.82, 2.24) is 15.2 Å². The summed E-state index contributed by atoms with van der Waals surface area (Å²) in [5.74, 6) is -0.918.